The first-order chi connectivity index (χ1) is 17.3. The Labute approximate surface area is 204 Å². The van der Waals surface area contributed by atoms with E-state index in [0.29, 0.717) is 0 Å². The van der Waals surface area contributed by atoms with Crippen molar-refractivity contribution in [1.82, 2.24) is 4.98 Å². The lowest BCUT2D eigenvalue weighted by atomic mass is 9.82. The Morgan fingerprint density at radius 2 is 1.29 bits per heavy atom. The molecule has 0 saturated carbocycles. The second-order valence-corrected chi connectivity index (χ2v) is 10.4. The summed E-state index contributed by atoms with van der Waals surface area (Å²) >= 11 is 0. The number of anilines is 3. The first-order valence-electron chi connectivity index (χ1n) is 12.6. The van der Waals surface area contributed by atoms with E-state index in [1.807, 2.05) is 6.20 Å². The molecule has 0 N–H and O–H groups in total. The standard InChI is InChI=1S/C33H22N2/c1-3-8-24-19(6-1)12-21-13-22-15-29-28-14-20-7-2-4-9-25(20)27(28)16-23-17-30-31(10-5-11-34-30)35(33(23)29)32(22)18-26(21)24/h1-11,13,16,18H,12,14-15,17H2. The summed E-state index contributed by atoms with van der Waals surface area (Å²) in [5.41, 5.74) is 21.1. The van der Waals surface area contributed by atoms with Crippen LogP contribution in [0.15, 0.2) is 85.1 Å². The molecule has 1 aromatic heterocycles. The normalized spacial score (nSPS) is 14.9. The monoisotopic (exact) mass is 446 g/mol. The fourth-order valence-electron chi connectivity index (χ4n) is 7.09. The van der Waals surface area contributed by atoms with Crippen LogP contribution >= 0.6 is 0 Å². The van der Waals surface area contributed by atoms with Crippen molar-refractivity contribution in [3.8, 4) is 22.3 Å². The molecule has 0 saturated heterocycles. The highest BCUT2D eigenvalue weighted by Crippen LogP contribution is 2.55. The van der Waals surface area contributed by atoms with Gasteiger partial charge in [-0.25, -0.2) is 0 Å². The molecule has 0 spiro atoms. The fourth-order valence-corrected chi connectivity index (χ4v) is 7.09. The average molecular weight is 447 g/mol. The molecule has 35 heavy (non-hydrogen) atoms. The van der Waals surface area contributed by atoms with Crippen LogP contribution in [0, 0.1) is 0 Å². The second-order valence-electron chi connectivity index (χ2n) is 10.4. The van der Waals surface area contributed by atoms with Gasteiger partial charge in [-0.05, 0) is 98.3 Å². The zero-order chi connectivity index (χ0) is 22.7. The summed E-state index contributed by atoms with van der Waals surface area (Å²) in [7, 11) is 0. The highest BCUT2D eigenvalue weighted by atomic mass is 15.2. The molecule has 0 fully saturated rings. The van der Waals surface area contributed by atoms with Crippen molar-refractivity contribution in [3.63, 3.8) is 0 Å². The number of rotatable bonds is 0. The quantitative estimate of drug-likeness (QED) is 0.240. The van der Waals surface area contributed by atoms with E-state index in [2.05, 4.69) is 83.8 Å². The van der Waals surface area contributed by atoms with Crippen molar-refractivity contribution in [2.45, 2.75) is 25.7 Å². The van der Waals surface area contributed by atoms with E-state index in [1.165, 1.54) is 84.0 Å². The predicted molar refractivity (Wildman–Crippen MR) is 141 cm³/mol. The smallest absolute Gasteiger partial charge is 0.0688 e. The van der Waals surface area contributed by atoms with Crippen molar-refractivity contribution < 1.29 is 0 Å². The van der Waals surface area contributed by atoms with Gasteiger partial charge in [0.05, 0.1) is 22.8 Å². The van der Waals surface area contributed by atoms with Crippen molar-refractivity contribution in [1.29, 1.82) is 0 Å². The molecule has 164 valence electrons. The molecule has 2 aliphatic heterocycles. The first-order valence-corrected chi connectivity index (χ1v) is 12.6. The van der Waals surface area contributed by atoms with Crippen LogP contribution in [0.4, 0.5) is 17.1 Å². The second kappa shape index (κ2) is 6.28. The van der Waals surface area contributed by atoms with Crippen molar-refractivity contribution in [2.75, 3.05) is 4.90 Å². The minimum absolute atomic E-state index is 0.896. The van der Waals surface area contributed by atoms with E-state index >= 15 is 0 Å². The van der Waals surface area contributed by atoms with Gasteiger partial charge in [0.1, 0.15) is 0 Å². The number of benzene rings is 4. The van der Waals surface area contributed by atoms with Gasteiger partial charge in [-0.2, -0.15) is 0 Å². The van der Waals surface area contributed by atoms with Crippen LogP contribution in [0.1, 0.15) is 44.6 Å². The van der Waals surface area contributed by atoms with E-state index in [4.69, 9.17) is 4.98 Å². The SMILES string of the molecule is c1ccc2c(c1)Cc1cc3c(cc1-2)N1c2cccnc2Cc2cc4c(c(c21)C3)Cc1ccccc1-4. The van der Waals surface area contributed by atoms with Gasteiger partial charge in [-0.3, -0.25) is 4.98 Å². The van der Waals surface area contributed by atoms with Crippen LogP contribution in [0.3, 0.4) is 0 Å². The molecule has 0 bridgehead atoms. The van der Waals surface area contributed by atoms with Crippen molar-refractivity contribution in [2.24, 2.45) is 0 Å². The molecule has 4 aromatic carbocycles. The third-order valence-corrected chi connectivity index (χ3v) is 8.56. The van der Waals surface area contributed by atoms with Crippen LogP contribution in [-0.2, 0) is 25.7 Å². The summed E-state index contributed by atoms with van der Waals surface area (Å²) in [4.78, 5) is 7.39. The van der Waals surface area contributed by atoms with Crippen LogP contribution in [-0.4, -0.2) is 4.98 Å². The molecule has 9 rings (SSSR count). The average Bonchev–Trinajstić information content (AvgIpc) is 3.45. The molecule has 2 heteroatoms. The lowest BCUT2D eigenvalue weighted by Gasteiger charge is -2.40. The Morgan fingerprint density at radius 3 is 2.17 bits per heavy atom. The molecule has 5 aromatic rings. The molecule has 0 atom stereocenters. The van der Waals surface area contributed by atoms with Gasteiger partial charge in [-0.15, -0.1) is 0 Å². The minimum atomic E-state index is 0.896. The fraction of sp³-hybridized carbons (Fsp3) is 0.121. The first kappa shape index (κ1) is 18.2. The van der Waals surface area contributed by atoms with E-state index in [0.717, 1.165) is 25.7 Å². The Balaban J connectivity index is 1.34. The number of hydrogen-bond acceptors (Lipinski definition) is 2. The summed E-state index contributed by atoms with van der Waals surface area (Å²) in [6.45, 7) is 0. The summed E-state index contributed by atoms with van der Waals surface area (Å²) in [6, 6.07) is 29.6. The Bertz CT molecular complexity index is 1760. The molecule has 0 radical (unpaired) electrons. The van der Waals surface area contributed by atoms with Gasteiger partial charge in [0.25, 0.3) is 0 Å². The largest absolute Gasteiger partial charge is 0.308 e. The van der Waals surface area contributed by atoms with E-state index in [-0.39, 0.29) is 0 Å². The Hall–Kier alpha value is -4.17. The molecule has 2 nitrogen and oxygen atoms in total. The summed E-state index contributed by atoms with van der Waals surface area (Å²) in [5, 5.41) is 0. The van der Waals surface area contributed by atoms with Gasteiger partial charge < -0.3 is 4.90 Å². The molecular formula is C33H22N2. The van der Waals surface area contributed by atoms with E-state index in [9.17, 15) is 0 Å². The predicted octanol–water partition coefficient (Wildman–Crippen LogP) is 7.50. The van der Waals surface area contributed by atoms with Crippen LogP contribution in [0.25, 0.3) is 22.3 Å². The Morgan fingerprint density at radius 1 is 0.514 bits per heavy atom. The highest BCUT2D eigenvalue weighted by molar-refractivity contribution is 5.95. The maximum atomic E-state index is 4.85. The summed E-state index contributed by atoms with van der Waals surface area (Å²) in [6.07, 6.45) is 5.91. The molecule has 0 amide bonds. The zero-order valence-corrected chi connectivity index (χ0v) is 19.3. The van der Waals surface area contributed by atoms with Gasteiger partial charge in [0.15, 0.2) is 0 Å². The van der Waals surface area contributed by atoms with Gasteiger partial charge in [-0.1, -0.05) is 54.6 Å². The minimum Gasteiger partial charge on any atom is -0.308 e. The van der Waals surface area contributed by atoms with Gasteiger partial charge in [0.2, 0.25) is 0 Å². The molecule has 0 unspecified atom stereocenters. The maximum Gasteiger partial charge on any atom is 0.0688 e. The van der Waals surface area contributed by atoms with Crippen molar-refractivity contribution >= 4 is 17.1 Å². The van der Waals surface area contributed by atoms with Gasteiger partial charge in [0, 0.05) is 19.0 Å². The maximum absolute atomic E-state index is 4.85. The molecule has 2 aliphatic carbocycles. The summed E-state index contributed by atoms with van der Waals surface area (Å²) < 4.78 is 0. The third kappa shape index (κ3) is 2.27. The number of pyridine rings is 1. The van der Waals surface area contributed by atoms with Crippen LogP contribution in [0.2, 0.25) is 0 Å². The Kier molecular flexibility index (Phi) is 3.27. The molecule has 3 heterocycles. The van der Waals surface area contributed by atoms with Crippen LogP contribution in [0.5, 0.6) is 0 Å². The van der Waals surface area contributed by atoms with E-state index < -0.39 is 0 Å². The number of hydrogen-bond donors (Lipinski definition) is 0. The number of fused-ring (bicyclic) bond motifs is 11. The molecular weight excluding hydrogens is 424 g/mol. The third-order valence-electron chi connectivity index (χ3n) is 8.56. The lowest BCUT2D eigenvalue weighted by molar-refractivity contribution is 0.959. The van der Waals surface area contributed by atoms with Gasteiger partial charge >= 0.3 is 0 Å². The van der Waals surface area contributed by atoms with E-state index in [1.54, 1.807) is 0 Å². The lowest BCUT2D eigenvalue weighted by Crippen LogP contribution is -2.26. The zero-order valence-electron chi connectivity index (χ0n) is 19.3. The number of nitrogens with zero attached hydrogens (tertiary/aromatic N) is 2. The van der Waals surface area contributed by atoms with Crippen molar-refractivity contribution in [3.05, 3.63) is 130 Å². The number of aromatic nitrogens is 1. The topological polar surface area (TPSA) is 16.1 Å². The van der Waals surface area contributed by atoms with Crippen LogP contribution < -0.4 is 4.90 Å². The summed E-state index contributed by atoms with van der Waals surface area (Å²) in [5.74, 6) is 0. The molecule has 4 aliphatic rings. The highest BCUT2D eigenvalue weighted by Gasteiger charge is 2.37.